The Labute approximate surface area is 191 Å². The maximum atomic E-state index is 13.6. The van der Waals surface area contributed by atoms with Gasteiger partial charge in [0.2, 0.25) is 0 Å². The fourth-order valence-corrected chi connectivity index (χ4v) is 5.63. The van der Waals surface area contributed by atoms with Crippen molar-refractivity contribution in [1.29, 1.82) is 0 Å². The molecule has 0 aromatic heterocycles. The summed E-state index contributed by atoms with van der Waals surface area (Å²) in [5.74, 6) is 0.770. The van der Waals surface area contributed by atoms with Gasteiger partial charge in [0.15, 0.2) is 11.6 Å². The molecule has 0 bridgehead atoms. The Morgan fingerprint density at radius 1 is 0.844 bits per heavy atom. The molecule has 0 spiro atoms. The molecule has 32 heavy (non-hydrogen) atoms. The summed E-state index contributed by atoms with van der Waals surface area (Å²) >= 11 is 0. The van der Waals surface area contributed by atoms with E-state index < -0.39 is 0 Å². The number of allylic oxidation sites excluding steroid dienone is 4. The van der Waals surface area contributed by atoms with E-state index in [-0.39, 0.29) is 28.3 Å². The van der Waals surface area contributed by atoms with Crippen LogP contribution in [-0.4, -0.2) is 43.8 Å². The lowest BCUT2D eigenvalue weighted by atomic mass is 9.63. The van der Waals surface area contributed by atoms with Crippen molar-refractivity contribution in [2.75, 3.05) is 27.4 Å². The Balaban J connectivity index is 1.95. The van der Waals surface area contributed by atoms with Crippen LogP contribution in [0.2, 0.25) is 0 Å². The maximum Gasteiger partial charge on any atom is 0.162 e. The molecule has 1 aromatic carbocycles. The lowest BCUT2D eigenvalue weighted by Gasteiger charge is -2.49. The van der Waals surface area contributed by atoms with Crippen LogP contribution in [0.4, 0.5) is 0 Å². The van der Waals surface area contributed by atoms with Gasteiger partial charge in [-0.05, 0) is 41.4 Å². The zero-order chi connectivity index (χ0) is 23.3. The first-order valence-corrected chi connectivity index (χ1v) is 11.5. The molecule has 0 amide bonds. The molecule has 0 N–H and O–H groups in total. The Morgan fingerprint density at radius 3 is 1.78 bits per heavy atom. The Kier molecular flexibility index (Phi) is 5.83. The van der Waals surface area contributed by atoms with Crippen LogP contribution in [0.5, 0.6) is 5.75 Å². The van der Waals surface area contributed by atoms with Crippen LogP contribution in [0.25, 0.3) is 0 Å². The summed E-state index contributed by atoms with van der Waals surface area (Å²) in [6.07, 6.45) is 2.63. The average molecular weight is 438 g/mol. The van der Waals surface area contributed by atoms with E-state index in [1.807, 2.05) is 24.3 Å². The number of nitrogens with zero attached hydrogens (tertiary/aromatic N) is 1. The van der Waals surface area contributed by atoms with Crippen LogP contribution in [0.3, 0.4) is 0 Å². The highest BCUT2D eigenvalue weighted by Crippen LogP contribution is 2.54. The lowest BCUT2D eigenvalue weighted by molar-refractivity contribution is -0.119. The number of ether oxygens (including phenoxy) is 2. The van der Waals surface area contributed by atoms with Crippen molar-refractivity contribution in [1.82, 2.24) is 4.90 Å². The highest BCUT2D eigenvalue weighted by Gasteiger charge is 2.48. The van der Waals surface area contributed by atoms with Crippen LogP contribution < -0.4 is 4.74 Å². The first-order valence-electron chi connectivity index (χ1n) is 11.5. The number of ketones is 2. The highest BCUT2D eigenvalue weighted by molar-refractivity contribution is 6.06. The second-order valence-corrected chi connectivity index (χ2v) is 11.0. The molecule has 2 aliphatic carbocycles. The second-order valence-electron chi connectivity index (χ2n) is 11.0. The minimum absolute atomic E-state index is 0.113. The van der Waals surface area contributed by atoms with Crippen LogP contribution in [0.15, 0.2) is 46.8 Å². The van der Waals surface area contributed by atoms with Gasteiger partial charge < -0.3 is 14.4 Å². The summed E-state index contributed by atoms with van der Waals surface area (Å²) in [6, 6.07) is 7.84. The lowest BCUT2D eigenvalue weighted by Crippen LogP contribution is -2.45. The van der Waals surface area contributed by atoms with Gasteiger partial charge in [0.25, 0.3) is 0 Å². The number of Topliss-reactive ketones (excluding diaryl/α,β-unsaturated/α-hetero) is 2. The van der Waals surface area contributed by atoms with Gasteiger partial charge in [-0.1, -0.05) is 39.8 Å². The summed E-state index contributed by atoms with van der Waals surface area (Å²) in [6.45, 7) is 9.83. The zero-order valence-corrected chi connectivity index (χ0v) is 20.2. The number of hydrogen-bond donors (Lipinski definition) is 0. The number of hydrogen-bond acceptors (Lipinski definition) is 5. The smallest absolute Gasteiger partial charge is 0.162 e. The predicted molar refractivity (Wildman–Crippen MR) is 124 cm³/mol. The molecular formula is C27H35NO4. The van der Waals surface area contributed by atoms with E-state index >= 15 is 0 Å². The molecule has 4 rings (SSSR count). The van der Waals surface area contributed by atoms with Gasteiger partial charge in [-0.25, -0.2) is 0 Å². The summed E-state index contributed by atoms with van der Waals surface area (Å²) in [7, 11) is 3.34. The number of rotatable bonds is 5. The van der Waals surface area contributed by atoms with E-state index in [4.69, 9.17) is 9.47 Å². The molecule has 1 heterocycles. The van der Waals surface area contributed by atoms with Gasteiger partial charge in [0.1, 0.15) is 5.75 Å². The number of methoxy groups -OCH3 is 2. The second kappa shape index (κ2) is 8.18. The van der Waals surface area contributed by atoms with Gasteiger partial charge in [-0.2, -0.15) is 0 Å². The molecule has 5 heteroatoms. The molecule has 0 saturated carbocycles. The first-order chi connectivity index (χ1) is 15.1. The number of carbonyl (C=O) groups excluding carboxylic acids is 2. The van der Waals surface area contributed by atoms with Crippen LogP contribution in [0, 0.1) is 10.8 Å². The number of benzene rings is 1. The van der Waals surface area contributed by atoms with Crippen molar-refractivity contribution in [2.24, 2.45) is 10.8 Å². The molecule has 172 valence electrons. The molecular weight excluding hydrogens is 402 g/mol. The normalized spacial score (nSPS) is 22.8. The predicted octanol–water partition coefficient (Wildman–Crippen LogP) is 5.03. The molecule has 0 saturated heterocycles. The van der Waals surface area contributed by atoms with Gasteiger partial charge in [-0.15, -0.1) is 0 Å². The maximum absolute atomic E-state index is 13.6. The highest BCUT2D eigenvalue weighted by atomic mass is 16.5. The van der Waals surface area contributed by atoms with Crippen LogP contribution in [0.1, 0.15) is 64.9 Å². The minimum atomic E-state index is -0.308. The van der Waals surface area contributed by atoms with E-state index in [0.29, 0.717) is 26.0 Å². The van der Waals surface area contributed by atoms with Crippen molar-refractivity contribution >= 4 is 11.6 Å². The monoisotopic (exact) mass is 437 g/mol. The largest absolute Gasteiger partial charge is 0.497 e. The van der Waals surface area contributed by atoms with Crippen molar-refractivity contribution in [3.8, 4) is 5.75 Å². The Morgan fingerprint density at radius 2 is 1.34 bits per heavy atom. The van der Waals surface area contributed by atoms with E-state index in [1.165, 1.54) is 0 Å². The average Bonchev–Trinajstić information content (AvgIpc) is 2.70. The minimum Gasteiger partial charge on any atom is -0.497 e. The topological polar surface area (TPSA) is 55.8 Å². The van der Waals surface area contributed by atoms with E-state index in [2.05, 4.69) is 32.6 Å². The number of carbonyl (C=O) groups is 2. The summed E-state index contributed by atoms with van der Waals surface area (Å²) in [4.78, 5) is 29.5. The van der Waals surface area contributed by atoms with Crippen molar-refractivity contribution < 1.29 is 19.1 Å². The summed E-state index contributed by atoms with van der Waals surface area (Å²) in [5, 5.41) is 0. The van der Waals surface area contributed by atoms with Gasteiger partial charge in [0.05, 0.1) is 13.7 Å². The third-order valence-electron chi connectivity index (χ3n) is 6.99. The SMILES string of the molecule is COCCN1C2=C(C(=O)CC(C)(C)C2)C(c2ccc(OC)cc2)C2=C1CC(C)(C)CC2=O. The van der Waals surface area contributed by atoms with Gasteiger partial charge in [-0.3, -0.25) is 9.59 Å². The van der Waals surface area contributed by atoms with Crippen molar-refractivity contribution in [3.05, 3.63) is 52.4 Å². The quantitative estimate of drug-likeness (QED) is 0.647. The molecule has 1 aromatic rings. The third-order valence-corrected chi connectivity index (χ3v) is 6.99. The third kappa shape index (κ3) is 4.03. The standard InChI is InChI=1S/C27H35NO4/c1-26(2)13-19-24(21(29)15-26)23(17-7-9-18(32-6)10-8-17)25-20(28(19)11-12-31-5)14-27(3,4)16-22(25)30/h7-10,23H,11-16H2,1-6H3. The molecule has 5 nitrogen and oxygen atoms in total. The van der Waals surface area contributed by atoms with Crippen molar-refractivity contribution in [3.63, 3.8) is 0 Å². The Bertz CT molecular complexity index is 943. The zero-order valence-electron chi connectivity index (χ0n) is 20.2. The van der Waals surface area contributed by atoms with E-state index in [9.17, 15) is 9.59 Å². The molecule has 1 aliphatic heterocycles. The van der Waals surface area contributed by atoms with Crippen molar-refractivity contribution in [2.45, 2.75) is 59.3 Å². The van der Waals surface area contributed by atoms with Gasteiger partial charge in [0, 0.05) is 55.0 Å². The summed E-state index contributed by atoms with van der Waals surface area (Å²) in [5.41, 5.74) is 4.52. The summed E-state index contributed by atoms with van der Waals surface area (Å²) < 4.78 is 10.8. The first kappa shape index (κ1) is 22.8. The van der Waals surface area contributed by atoms with E-state index in [1.54, 1.807) is 14.2 Å². The molecule has 0 radical (unpaired) electrons. The fraction of sp³-hybridized carbons (Fsp3) is 0.556. The van der Waals surface area contributed by atoms with E-state index in [0.717, 1.165) is 46.7 Å². The van der Waals surface area contributed by atoms with Crippen LogP contribution >= 0.6 is 0 Å². The molecule has 3 aliphatic rings. The van der Waals surface area contributed by atoms with Crippen LogP contribution in [-0.2, 0) is 14.3 Å². The molecule has 0 unspecified atom stereocenters. The molecule has 0 fully saturated rings. The van der Waals surface area contributed by atoms with Gasteiger partial charge >= 0.3 is 0 Å². The Hall–Kier alpha value is -2.40. The fourth-order valence-electron chi connectivity index (χ4n) is 5.63. The molecule has 0 atom stereocenters.